The van der Waals surface area contributed by atoms with Crippen molar-refractivity contribution in [3.63, 3.8) is 0 Å². The van der Waals surface area contributed by atoms with Gasteiger partial charge in [0.2, 0.25) is 0 Å². The number of hydrogen-bond acceptors (Lipinski definition) is 2. The zero-order chi connectivity index (χ0) is 14.7. The largest absolute Gasteiger partial charge is 0.373 e. The van der Waals surface area contributed by atoms with Crippen molar-refractivity contribution in [3.05, 3.63) is 35.4 Å². The molecule has 2 N–H and O–H groups in total. The molecule has 3 atom stereocenters. The first-order valence-electron chi connectivity index (χ1n) is 7.93. The second-order valence-electron chi connectivity index (χ2n) is 6.10. The third-order valence-corrected chi connectivity index (χ3v) is 4.44. The quantitative estimate of drug-likeness (QED) is 0.452. The summed E-state index contributed by atoms with van der Waals surface area (Å²) in [6.45, 7) is 3.03. The molecule has 4 nitrogen and oxygen atoms in total. The maximum Gasteiger partial charge on any atom is 0.191 e. The lowest BCUT2D eigenvalue weighted by Gasteiger charge is -2.22. The second kappa shape index (κ2) is 8.15. The molecule has 0 amide bonds. The summed E-state index contributed by atoms with van der Waals surface area (Å²) in [7, 11) is 1.83. The van der Waals surface area contributed by atoms with E-state index in [-0.39, 0.29) is 24.0 Å². The number of ether oxygens (including phenoxy) is 1. The molecule has 2 heterocycles. The third-order valence-electron chi connectivity index (χ3n) is 4.44. The highest BCUT2D eigenvalue weighted by molar-refractivity contribution is 14.0. The second-order valence-corrected chi connectivity index (χ2v) is 6.10. The van der Waals surface area contributed by atoms with E-state index in [2.05, 4.69) is 46.8 Å². The van der Waals surface area contributed by atoms with Gasteiger partial charge >= 0.3 is 0 Å². The molecule has 0 aliphatic carbocycles. The summed E-state index contributed by atoms with van der Waals surface area (Å²) in [5, 5.41) is 6.92. The molecule has 0 spiro atoms. The van der Waals surface area contributed by atoms with E-state index in [0.29, 0.717) is 18.2 Å². The minimum Gasteiger partial charge on any atom is -0.373 e. The number of hydrogen-bond donors (Lipinski definition) is 2. The van der Waals surface area contributed by atoms with Crippen molar-refractivity contribution < 1.29 is 4.74 Å². The molecular weight excluding hydrogens is 389 g/mol. The lowest BCUT2D eigenvalue weighted by atomic mass is 9.96. The number of benzene rings is 1. The molecule has 3 unspecified atom stereocenters. The Morgan fingerprint density at radius 3 is 2.86 bits per heavy atom. The standard InChI is InChI=1S/C17H25N3O.HI/c1-12-4-3-5-13(10-12)8-9-19-17(18-2)20-15-11-14-6-7-16(15)21-14;/h3-5,10,14-16H,6-9,11H2,1-2H3,(H2,18,19,20);1H. The number of guanidine groups is 1. The minimum absolute atomic E-state index is 0. The van der Waals surface area contributed by atoms with Gasteiger partial charge in [-0.15, -0.1) is 24.0 Å². The summed E-state index contributed by atoms with van der Waals surface area (Å²) >= 11 is 0. The third kappa shape index (κ3) is 4.35. The van der Waals surface area contributed by atoms with Crippen molar-refractivity contribution in [1.29, 1.82) is 0 Å². The van der Waals surface area contributed by atoms with Gasteiger partial charge in [-0.05, 0) is 38.2 Å². The van der Waals surface area contributed by atoms with Crippen LogP contribution in [0, 0.1) is 6.92 Å². The summed E-state index contributed by atoms with van der Waals surface area (Å²) < 4.78 is 5.87. The van der Waals surface area contributed by atoms with E-state index >= 15 is 0 Å². The van der Waals surface area contributed by atoms with Gasteiger partial charge in [0.1, 0.15) is 0 Å². The Hall–Kier alpha value is -0.820. The van der Waals surface area contributed by atoms with Crippen molar-refractivity contribution in [3.8, 4) is 0 Å². The van der Waals surface area contributed by atoms with Gasteiger partial charge in [0.15, 0.2) is 5.96 Å². The Bertz CT molecular complexity index is 520. The lowest BCUT2D eigenvalue weighted by molar-refractivity contribution is 0.0992. The number of fused-ring (bicyclic) bond motifs is 2. The summed E-state index contributed by atoms with van der Waals surface area (Å²) in [5.41, 5.74) is 2.68. The summed E-state index contributed by atoms with van der Waals surface area (Å²) in [5.74, 6) is 0.892. The first-order chi connectivity index (χ1) is 10.2. The van der Waals surface area contributed by atoms with Crippen LogP contribution in [-0.2, 0) is 11.2 Å². The monoisotopic (exact) mass is 415 g/mol. The highest BCUT2D eigenvalue weighted by Gasteiger charge is 2.40. The smallest absolute Gasteiger partial charge is 0.191 e. The van der Waals surface area contributed by atoms with Gasteiger partial charge in [0.25, 0.3) is 0 Å². The number of nitrogens with zero attached hydrogens (tertiary/aromatic N) is 1. The van der Waals surface area contributed by atoms with Gasteiger partial charge < -0.3 is 15.4 Å². The van der Waals surface area contributed by atoms with Crippen LogP contribution in [-0.4, -0.2) is 37.8 Å². The van der Waals surface area contributed by atoms with E-state index < -0.39 is 0 Å². The van der Waals surface area contributed by atoms with Crippen LogP contribution in [0.5, 0.6) is 0 Å². The Morgan fingerprint density at radius 1 is 1.36 bits per heavy atom. The molecule has 2 fully saturated rings. The highest BCUT2D eigenvalue weighted by Crippen LogP contribution is 2.34. The van der Waals surface area contributed by atoms with E-state index in [0.717, 1.165) is 25.3 Å². The summed E-state index contributed by atoms with van der Waals surface area (Å²) in [4.78, 5) is 4.32. The van der Waals surface area contributed by atoms with Crippen molar-refractivity contribution in [2.24, 2.45) is 4.99 Å². The van der Waals surface area contributed by atoms with E-state index in [4.69, 9.17) is 4.74 Å². The zero-order valence-corrected chi connectivity index (χ0v) is 15.7. The highest BCUT2D eigenvalue weighted by atomic mass is 127. The fourth-order valence-electron chi connectivity index (χ4n) is 3.35. The molecule has 1 aromatic carbocycles. The van der Waals surface area contributed by atoms with Crippen molar-refractivity contribution in [2.75, 3.05) is 13.6 Å². The molecule has 0 radical (unpaired) electrons. The zero-order valence-electron chi connectivity index (χ0n) is 13.3. The SMILES string of the molecule is CN=C(NCCc1cccc(C)c1)NC1CC2CCC1O2.I. The lowest BCUT2D eigenvalue weighted by Crippen LogP contribution is -2.47. The van der Waals surface area contributed by atoms with Crippen molar-refractivity contribution >= 4 is 29.9 Å². The van der Waals surface area contributed by atoms with Gasteiger partial charge in [0, 0.05) is 13.6 Å². The molecule has 0 aromatic heterocycles. The van der Waals surface area contributed by atoms with Crippen LogP contribution in [0.2, 0.25) is 0 Å². The molecule has 2 aliphatic rings. The number of nitrogens with one attached hydrogen (secondary N) is 2. The van der Waals surface area contributed by atoms with Crippen LogP contribution >= 0.6 is 24.0 Å². The van der Waals surface area contributed by atoms with E-state index in [1.807, 2.05) is 7.05 Å². The summed E-state index contributed by atoms with van der Waals surface area (Å²) in [6, 6.07) is 9.08. The maximum atomic E-state index is 5.87. The van der Waals surface area contributed by atoms with E-state index in [1.165, 1.54) is 24.0 Å². The predicted octanol–water partition coefficient (Wildman–Crippen LogP) is 2.64. The molecule has 1 aromatic rings. The van der Waals surface area contributed by atoms with Crippen LogP contribution in [0.3, 0.4) is 0 Å². The fraction of sp³-hybridized carbons (Fsp3) is 0.588. The molecule has 2 bridgehead atoms. The number of aliphatic imine (C=N–C) groups is 1. The van der Waals surface area contributed by atoms with Crippen LogP contribution in [0.15, 0.2) is 29.3 Å². The molecule has 0 saturated carbocycles. The van der Waals surface area contributed by atoms with Gasteiger partial charge in [-0.1, -0.05) is 29.8 Å². The van der Waals surface area contributed by atoms with E-state index in [9.17, 15) is 0 Å². The van der Waals surface area contributed by atoms with Gasteiger partial charge in [-0.25, -0.2) is 0 Å². The van der Waals surface area contributed by atoms with E-state index in [1.54, 1.807) is 0 Å². The Morgan fingerprint density at radius 2 is 2.23 bits per heavy atom. The molecule has 122 valence electrons. The van der Waals surface area contributed by atoms with Crippen LogP contribution in [0.25, 0.3) is 0 Å². The maximum absolute atomic E-state index is 5.87. The van der Waals surface area contributed by atoms with Crippen molar-refractivity contribution in [1.82, 2.24) is 10.6 Å². The topological polar surface area (TPSA) is 45.7 Å². The van der Waals surface area contributed by atoms with Crippen LogP contribution in [0.1, 0.15) is 30.4 Å². The Balaban J connectivity index is 0.00000176. The molecule has 5 heteroatoms. The fourth-order valence-corrected chi connectivity index (χ4v) is 3.35. The number of aryl methyl sites for hydroxylation is 1. The Labute approximate surface area is 150 Å². The van der Waals surface area contributed by atoms with Crippen molar-refractivity contribution in [2.45, 2.75) is 50.9 Å². The predicted molar refractivity (Wildman–Crippen MR) is 101 cm³/mol. The normalized spacial score (nSPS) is 26.6. The number of halogens is 1. The Kier molecular flexibility index (Phi) is 6.50. The van der Waals surface area contributed by atoms with Crippen LogP contribution in [0.4, 0.5) is 0 Å². The molecule has 2 saturated heterocycles. The molecule has 22 heavy (non-hydrogen) atoms. The number of rotatable bonds is 4. The summed E-state index contributed by atoms with van der Waals surface area (Å²) in [6.07, 6.45) is 5.38. The van der Waals surface area contributed by atoms with Gasteiger partial charge in [-0.2, -0.15) is 0 Å². The molecular formula is C17H26IN3O. The molecule has 2 aliphatic heterocycles. The first-order valence-corrected chi connectivity index (χ1v) is 7.93. The van der Waals surface area contributed by atoms with Gasteiger partial charge in [-0.3, -0.25) is 4.99 Å². The van der Waals surface area contributed by atoms with Gasteiger partial charge in [0.05, 0.1) is 18.2 Å². The molecule has 3 rings (SSSR count). The average Bonchev–Trinajstić information content (AvgIpc) is 3.09. The van der Waals surface area contributed by atoms with Crippen LogP contribution < -0.4 is 10.6 Å². The average molecular weight is 415 g/mol. The minimum atomic E-state index is 0. The first kappa shape index (κ1) is 17.5.